The number of rotatable bonds is 7. The summed E-state index contributed by atoms with van der Waals surface area (Å²) in [5.41, 5.74) is 7.76. The average Bonchev–Trinajstić information content (AvgIpc) is 2.50. The van der Waals surface area contributed by atoms with Gasteiger partial charge >= 0.3 is 0 Å². The van der Waals surface area contributed by atoms with E-state index in [1.165, 1.54) is 38.3 Å². The molecule has 1 heterocycles. The van der Waals surface area contributed by atoms with Gasteiger partial charge in [-0.3, -0.25) is 9.80 Å². The van der Waals surface area contributed by atoms with Gasteiger partial charge in [-0.25, -0.2) is 5.84 Å². The Kier molecular flexibility index (Phi) is 7.02. The third-order valence-corrected chi connectivity index (χ3v) is 3.79. The molecule has 1 amide bonds. The molecule has 1 rings (SSSR count). The number of nitrogens with one attached hydrogen (secondary N) is 1. The Balaban J connectivity index is 2.64. The quantitative estimate of drug-likeness (QED) is 0.290. The Morgan fingerprint density at radius 3 is 2.57 bits per heavy atom. The SMILES string of the molecule is CCCCC(CC)CC1=CNC(=C(N)C(=O)N(C)N)C=C1. The predicted molar refractivity (Wildman–Crippen MR) is 86.5 cm³/mol. The van der Waals surface area contributed by atoms with Crippen molar-refractivity contribution in [2.24, 2.45) is 17.5 Å². The second kappa shape index (κ2) is 8.52. The Bertz CT molecular complexity index is 449. The molecule has 5 nitrogen and oxygen atoms in total. The number of carbonyl (C=O) groups excluding carboxylic acids is 1. The van der Waals surface area contributed by atoms with E-state index in [-0.39, 0.29) is 5.70 Å². The summed E-state index contributed by atoms with van der Waals surface area (Å²) in [6.07, 6.45) is 11.8. The van der Waals surface area contributed by atoms with E-state index in [4.69, 9.17) is 11.6 Å². The minimum Gasteiger partial charge on any atom is -0.393 e. The van der Waals surface area contributed by atoms with Crippen molar-refractivity contribution in [2.45, 2.75) is 46.0 Å². The van der Waals surface area contributed by atoms with Gasteiger partial charge in [-0.1, -0.05) is 45.6 Å². The zero-order valence-electron chi connectivity index (χ0n) is 13.4. The van der Waals surface area contributed by atoms with Crippen molar-refractivity contribution >= 4 is 5.91 Å². The third kappa shape index (κ3) is 5.27. The minimum atomic E-state index is -0.395. The van der Waals surface area contributed by atoms with Crippen molar-refractivity contribution in [3.63, 3.8) is 0 Å². The largest absolute Gasteiger partial charge is 0.393 e. The van der Waals surface area contributed by atoms with Gasteiger partial charge in [0.25, 0.3) is 5.91 Å². The summed E-state index contributed by atoms with van der Waals surface area (Å²) < 4.78 is 0. The first-order valence-corrected chi connectivity index (χ1v) is 7.65. The molecular formula is C16H28N4O. The van der Waals surface area contributed by atoms with Gasteiger partial charge in [-0.05, 0) is 24.0 Å². The Labute approximate surface area is 127 Å². The summed E-state index contributed by atoms with van der Waals surface area (Å²) in [5, 5.41) is 4.07. The molecule has 0 radical (unpaired) electrons. The van der Waals surface area contributed by atoms with Gasteiger partial charge in [-0.15, -0.1) is 0 Å². The summed E-state index contributed by atoms with van der Waals surface area (Å²) in [6, 6.07) is 0. The molecule has 0 aromatic carbocycles. The summed E-state index contributed by atoms with van der Waals surface area (Å²) in [5.74, 6) is 5.72. The van der Waals surface area contributed by atoms with Gasteiger partial charge in [0, 0.05) is 13.2 Å². The maximum absolute atomic E-state index is 11.7. The minimum absolute atomic E-state index is 0.129. The highest BCUT2D eigenvalue weighted by Crippen LogP contribution is 2.23. The molecule has 1 aliphatic heterocycles. The molecule has 1 unspecified atom stereocenters. The number of dihydropyridines is 1. The molecule has 0 bridgehead atoms. The molecule has 0 spiro atoms. The highest BCUT2D eigenvalue weighted by atomic mass is 16.2. The summed E-state index contributed by atoms with van der Waals surface area (Å²) in [6.45, 7) is 4.46. The predicted octanol–water partition coefficient (Wildman–Crippen LogP) is 2.14. The third-order valence-electron chi connectivity index (χ3n) is 3.79. The molecule has 0 aromatic heterocycles. The van der Waals surface area contributed by atoms with Crippen LogP contribution in [0.5, 0.6) is 0 Å². The number of hydrazine groups is 1. The van der Waals surface area contributed by atoms with Crippen molar-refractivity contribution in [3.05, 3.63) is 35.3 Å². The lowest BCUT2D eigenvalue weighted by molar-refractivity contribution is -0.126. The molecule has 5 N–H and O–H groups in total. The monoisotopic (exact) mass is 292 g/mol. The Morgan fingerprint density at radius 2 is 2.10 bits per heavy atom. The van der Waals surface area contributed by atoms with Crippen molar-refractivity contribution < 1.29 is 4.79 Å². The molecule has 5 heteroatoms. The van der Waals surface area contributed by atoms with E-state index in [1.807, 2.05) is 18.4 Å². The molecule has 21 heavy (non-hydrogen) atoms. The van der Waals surface area contributed by atoms with Crippen molar-refractivity contribution in [1.82, 2.24) is 10.3 Å². The molecule has 0 aromatic rings. The average molecular weight is 292 g/mol. The van der Waals surface area contributed by atoms with Crippen LogP contribution in [0.25, 0.3) is 0 Å². The molecule has 118 valence electrons. The van der Waals surface area contributed by atoms with Crippen LogP contribution < -0.4 is 16.9 Å². The fourth-order valence-corrected chi connectivity index (χ4v) is 2.33. The van der Waals surface area contributed by atoms with Crippen LogP contribution in [0.3, 0.4) is 0 Å². The van der Waals surface area contributed by atoms with Crippen molar-refractivity contribution in [1.29, 1.82) is 0 Å². The van der Waals surface area contributed by atoms with Gasteiger partial charge in [0.15, 0.2) is 0 Å². The van der Waals surface area contributed by atoms with E-state index in [2.05, 4.69) is 19.2 Å². The number of nitrogens with zero attached hydrogens (tertiary/aromatic N) is 1. The standard InChI is InChI=1S/C16H28N4O/c1-4-6-7-12(5-2)10-13-8-9-14(19-11-13)15(17)16(21)20(3)18/h8-9,11-12,19H,4-7,10,17-18H2,1-3H3. The summed E-state index contributed by atoms with van der Waals surface area (Å²) in [7, 11) is 1.48. The fraction of sp³-hybridized carbons (Fsp3) is 0.562. The number of likely N-dealkylation sites (N-methyl/N-ethyl adjacent to an activating group) is 1. The molecular weight excluding hydrogens is 264 g/mol. The van der Waals surface area contributed by atoms with E-state index >= 15 is 0 Å². The number of carbonyl (C=O) groups is 1. The van der Waals surface area contributed by atoms with E-state index in [1.54, 1.807) is 0 Å². The zero-order valence-corrected chi connectivity index (χ0v) is 13.4. The lowest BCUT2D eigenvalue weighted by Crippen LogP contribution is -2.38. The molecule has 0 aliphatic carbocycles. The number of amides is 1. The second-order valence-corrected chi connectivity index (χ2v) is 5.56. The number of hydrogen-bond donors (Lipinski definition) is 3. The van der Waals surface area contributed by atoms with Gasteiger partial charge < -0.3 is 11.1 Å². The summed E-state index contributed by atoms with van der Waals surface area (Å²) in [4.78, 5) is 11.7. The first-order chi connectivity index (χ1) is 9.99. The van der Waals surface area contributed by atoms with E-state index in [9.17, 15) is 4.79 Å². The first-order valence-electron chi connectivity index (χ1n) is 7.65. The van der Waals surface area contributed by atoms with E-state index in [0.29, 0.717) is 11.6 Å². The molecule has 1 atom stereocenters. The molecule has 0 fully saturated rings. The van der Waals surface area contributed by atoms with Crippen molar-refractivity contribution in [2.75, 3.05) is 7.05 Å². The van der Waals surface area contributed by atoms with Crippen molar-refractivity contribution in [3.8, 4) is 0 Å². The van der Waals surface area contributed by atoms with Gasteiger partial charge in [0.1, 0.15) is 5.70 Å². The zero-order chi connectivity index (χ0) is 15.8. The van der Waals surface area contributed by atoms with Crippen LogP contribution >= 0.6 is 0 Å². The summed E-state index contributed by atoms with van der Waals surface area (Å²) >= 11 is 0. The fourth-order valence-electron chi connectivity index (χ4n) is 2.33. The number of unbranched alkanes of at least 4 members (excludes halogenated alkanes) is 1. The van der Waals surface area contributed by atoms with Gasteiger partial charge in [0.2, 0.25) is 0 Å². The van der Waals surface area contributed by atoms with Crippen LogP contribution in [-0.4, -0.2) is 18.0 Å². The number of allylic oxidation sites excluding steroid dienone is 3. The molecule has 1 aliphatic rings. The highest BCUT2D eigenvalue weighted by Gasteiger charge is 2.15. The number of hydrogen-bond acceptors (Lipinski definition) is 4. The van der Waals surface area contributed by atoms with Crippen LogP contribution in [0.4, 0.5) is 0 Å². The molecule has 0 saturated carbocycles. The normalized spacial score (nSPS) is 17.8. The second-order valence-electron chi connectivity index (χ2n) is 5.56. The van der Waals surface area contributed by atoms with Crippen LogP contribution in [-0.2, 0) is 4.79 Å². The number of nitrogens with two attached hydrogens (primary N) is 2. The topological polar surface area (TPSA) is 84.4 Å². The van der Waals surface area contributed by atoms with Crippen LogP contribution in [0, 0.1) is 5.92 Å². The Morgan fingerprint density at radius 1 is 1.38 bits per heavy atom. The van der Waals surface area contributed by atoms with Gasteiger partial charge in [-0.2, -0.15) is 0 Å². The van der Waals surface area contributed by atoms with Crippen LogP contribution in [0.2, 0.25) is 0 Å². The first kappa shape index (κ1) is 17.3. The molecule has 0 saturated heterocycles. The van der Waals surface area contributed by atoms with E-state index < -0.39 is 5.91 Å². The lowest BCUT2D eigenvalue weighted by atomic mass is 9.91. The lowest BCUT2D eigenvalue weighted by Gasteiger charge is -2.19. The van der Waals surface area contributed by atoms with Crippen LogP contribution in [0.1, 0.15) is 46.0 Å². The Hall–Kier alpha value is -1.75. The maximum atomic E-state index is 11.7. The smallest absolute Gasteiger partial charge is 0.285 e. The van der Waals surface area contributed by atoms with E-state index in [0.717, 1.165) is 11.4 Å². The maximum Gasteiger partial charge on any atom is 0.285 e. The van der Waals surface area contributed by atoms with Crippen LogP contribution in [0.15, 0.2) is 35.3 Å². The van der Waals surface area contributed by atoms with Gasteiger partial charge in [0.05, 0.1) is 5.70 Å². The highest BCUT2D eigenvalue weighted by molar-refractivity contribution is 5.93.